The van der Waals surface area contributed by atoms with E-state index in [-0.39, 0.29) is 16.9 Å². The summed E-state index contributed by atoms with van der Waals surface area (Å²) in [4.78, 5) is 27.5. The molecule has 0 radical (unpaired) electrons. The molecular weight excluding hydrogens is 431 g/mol. The minimum atomic E-state index is -0.534. The number of aromatic nitrogens is 2. The van der Waals surface area contributed by atoms with E-state index in [1.807, 2.05) is 40.1 Å². The molecule has 1 aliphatic heterocycles. The molecule has 1 aromatic carbocycles. The number of halogens is 1. The Morgan fingerprint density at radius 3 is 2.62 bits per heavy atom. The van der Waals surface area contributed by atoms with Gasteiger partial charge in [-0.25, -0.2) is 9.18 Å². The number of ether oxygens (including phenoxy) is 1. The number of thiophene rings is 1. The highest BCUT2D eigenvalue weighted by Crippen LogP contribution is 2.35. The molecule has 1 saturated heterocycles. The van der Waals surface area contributed by atoms with Crippen LogP contribution in [0.3, 0.4) is 0 Å². The van der Waals surface area contributed by atoms with E-state index in [2.05, 4.69) is 10.4 Å². The van der Waals surface area contributed by atoms with Gasteiger partial charge in [-0.1, -0.05) is 0 Å². The molecule has 2 amide bonds. The van der Waals surface area contributed by atoms with E-state index in [4.69, 9.17) is 4.74 Å². The second kappa shape index (κ2) is 8.54. The van der Waals surface area contributed by atoms with Crippen LogP contribution in [0, 0.1) is 5.82 Å². The van der Waals surface area contributed by atoms with Gasteiger partial charge in [-0.3, -0.25) is 9.48 Å². The van der Waals surface area contributed by atoms with E-state index in [1.54, 1.807) is 21.7 Å². The lowest BCUT2D eigenvalue weighted by molar-refractivity contribution is 0.0205. The maximum Gasteiger partial charge on any atom is 0.410 e. The fraction of sp³-hybridized carbons (Fsp3) is 0.435. The van der Waals surface area contributed by atoms with Crippen molar-refractivity contribution >= 4 is 39.9 Å². The van der Waals surface area contributed by atoms with Gasteiger partial charge in [-0.15, -0.1) is 11.3 Å². The first-order chi connectivity index (χ1) is 15.1. The summed E-state index contributed by atoms with van der Waals surface area (Å²) < 4.78 is 21.7. The number of carbonyl (C=O) groups excluding carboxylic acids is 2. The normalized spacial score (nSPS) is 15.2. The zero-order valence-corrected chi connectivity index (χ0v) is 19.5. The molecule has 0 spiro atoms. The zero-order chi connectivity index (χ0) is 23.0. The van der Waals surface area contributed by atoms with Crippen LogP contribution in [0.2, 0.25) is 0 Å². The largest absolute Gasteiger partial charge is 0.444 e. The average molecular weight is 459 g/mol. The van der Waals surface area contributed by atoms with E-state index >= 15 is 0 Å². The third kappa shape index (κ3) is 4.93. The van der Waals surface area contributed by atoms with Crippen molar-refractivity contribution in [2.45, 2.75) is 45.1 Å². The summed E-state index contributed by atoms with van der Waals surface area (Å²) in [5.74, 6) is -0.879. The average Bonchev–Trinajstić information content (AvgIpc) is 3.28. The van der Waals surface area contributed by atoms with Gasteiger partial charge in [-0.05, 0) is 63.8 Å². The molecule has 32 heavy (non-hydrogen) atoms. The van der Waals surface area contributed by atoms with E-state index in [0.717, 1.165) is 15.8 Å². The highest BCUT2D eigenvalue weighted by molar-refractivity contribution is 7.14. The maximum atomic E-state index is 14.6. The summed E-state index contributed by atoms with van der Waals surface area (Å²) in [5.41, 5.74) is 0.796. The quantitative estimate of drug-likeness (QED) is 0.590. The molecule has 1 fully saturated rings. The summed E-state index contributed by atoms with van der Waals surface area (Å²) in [7, 11) is 1.83. The first-order valence-corrected chi connectivity index (χ1v) is 11.4. The Hall–Kier alpha value is -2.94. The molecule has 0 atom stereocenters. The van der Waals surface area contributed by atoms with Gasteiger partial charge in [0.15, 0.2) is 0 Å². The van der Waals surface area contributed by atoms with Crippen molar-refractivity contribution in [3.8, 4) is 0 Å². The minimum absolute atomic E-state index is 0.0655. The van der Waals surface area contributed by atoms with Crippen molar-refractivity contribution in [2.24, 2.45) is 7.05 Å². The van der Waals surface area contributed by atoms with Crippen LogP contribution in [0.1, 0.15) is 54.1 Å². The third-order valence-corrected chi connectivity index (χ3v) is 6.61. The molecule has 1 N–H and O–H groups in total. The first kappa shape index (κ1) is 22.3. The Morgan fingerprint density at radius 2 is 1.94 bits per heavy atom. The lowest BCUT2D eigenvalue weighted by Gasteiger charge is -2.33. The second-order valence-corrected chi connectivity index (χ2v) is 10.2. The number of amides is 2. The van der Waals surface area contributed by atoms with Crippen molar-refractivity contribution in [3.05, 3.63) is 46.0 Å². The molecule has 7 nitrogen and oxygen atoms in total. The van der Waals surface area contributed by atoms with Crippen molar-refractivity contribution in [1.29, 1.82) is 0 Å². The van der Waals surface area contributed by atoms with Crippen LogP contribution in [-0.4, -0.2) is 45.4 Å². The lowest BCUT2D eigenvalue weighted by Crippen LogP contribution is -2.41. The number of hydrogen-bond acceptors (Lipinski definition) is 5. The summed E-state index contributed by atoms with van der Waals surface area (Å²) in [5, 5.41) is 8.07. The number of aryl methyl sites for hydroxylation is 1. The standard InChI is InChI=1S/C23H27FN4O3S/c1-23(2,3)31-22(30)28-9-7-14(8-10-28)19-12-17(24)20(32-19)21(29)25-16-6-5-15-13-27(4)26-18(15)11-16/h5-6,11-14H,7-10H2,1-4H3,(H,25,29). The molecule has 0 saturated carbocycles. The number of piperidine rings is 1. The Balaban J connectivity index is 1.40. The van der Waals surface area contributed by atoms with Crippen LogP contribution in [0.25, 0.3) is 10.9 Å². The van der Waals surface area contributed by atoms with Crippen molar-refractivity contribution < 1.29 is 18.7 Å². The van der Waals surface area contributed by atoms with Crippen molar-refractivity contribution in [1.82, 2.24) is 14.7 Å². The Kier molecular flexibility index (Phi) is 5.94. The number of nitrogens with zero attached hydrogens (tertiary/aromatic N) is 3. The molecule has 3 heterocycles. The van der Waals surface area contributed by atoms with Gasteiger partial charge < -0.3 is 15.0 Å². The first-order valence-electron chi connectivity index (χ1n) is 10.6. The number of likely N-dealkylation sites (tertiary alicyclic amines) is 1. The highest BCUT2D eigenvalue weighted by atomic mass is 32.1. The van der Waals surface area contributed by atoms with Crippen LogP contribution in [-0.2, 0) is 11.8 Å². The number of carbonyl (C=O) groups is 2. The van der Waals surface area contributed by atoms with Gasteiger partial charge in [0, 0.05) is 42.3 Å². The predicted molar refractivity (Wildman–Crippen MR) is 123 cm³/mol. The Labute approximate surface area is 190 Å². The van der Waals surface area contributed by atoms with Gasteiger partial charge in [0.2, 0.25) is 0 Å². The molecule has 9 heteroatoms. The molecule has 0 bridgehead atoms. The zero-order valence-electron chi connectivity index (χ0n) is 18.6. The number of rotatable bonds is 3. The summed E-state index contributed by atoms with van der Waals surface area (Å²) in [6.45, 7) is 6.61. The van der Waals surface area contributed by atoms with Gasteiger partial charge >= 0.3 is 6.09 Å². The summed E-state index contributed by atoms with van der Waals surface area (Å²) >= 11 is 1.18. The number of fused-ring (bicyclic) bond motifs is 1. The molecule has 170 valence electrons. The fourth-order valence-corrected chi connectivity index (χ4v) is 4.92. The summed E-state index contributed by atoms with van der Waals surface area (Å²) in [6.07, 6.45) is 2.98. The lowest BCUT2D eigenvalue weighted by atomic mass is 9.95. The predicted octanol–water partition coefficient (Wildman–Crippen LogP) is 5.14. The second-order valence-electron chi connectivity index (χ2n) is 9.10. The van der Waals surface area contributed by atoms with Crippen LogP contribution in [0.15, 0.2) is 30.5 Å². The highest BCUT2D eigenvalue weighted by Gasteiger charge is 2.29. The van der Waals surface area contributed by atoms with E-state index in [1.165, 1.54) is 17.4 Å². The van der Waals surface area contributed by atoms with Crippen LogP contribution in [0.5, 0.6) is 0 Å². The topological polar surface area (TPSA) is 76.5 Å². The van der Waals surface area contributed by atoms with E-state index in [9.17, 15) is 14.0 Å². The Morgan fingerprint density at radius 1 is 1.22 bits per heavy atom. The van der Waals surface area contributed by atoms with Gasteiger partial charge in [0.1, 0.15) is 16.3 Å². The number of anilines is 1. The van der Waals surface area contributed by atoms with Crippen LogP contribution >= 0.6 is 11.3 Å². The Bertz CT molecular complexity index is 1160. The van der Waals surface area contributed by atoms with Gasteiger partial charge in [0.25, 0.3) is 5.91 Å². The smallest absolute Gasteiger partial charge is 0.410 e. The number of nitrogens with one attached hydrogen (secondary N) is 1. The number of hydrogen-bond donors (Lipinski definition) is 1. The SMILES string of the molecule is Cn1cc2ccc(NC(=O)c3sc(C4CCN(C(=O)OC(C)(C)C)CC4)cc3F)cc2n1. The molecule has 3 aromatic rings. The van der Waals surface area contributed by atoms with Crippen molar-refractivity contribution in [2.75, 3.05) is 18.4 Å². The molecule has 0 unspecified atom stereocenters. The minimum Gasteiger partial charge on any atom is -0.444 e. The maximum absolute atomic E-state index is 14.6. The van der Waals surface area contributed by atoms with E-state index in [0.29, 0.717) is 31.6 Å². The van der Waals surface area contributed by atoms with E-state index < -0.39 is 17.3 Å². The van der Waals surface area contributed by atoms with Crippen molar-refractivity contribution in [3.63, 3.8) is 0 Å². The van der Waals surface area contributed by atoms with Crippen LogP contribution < -0.4 is 5.32 Å². The van der Waals surface area contributed by atoms with Crippen LogP contribution in [0.4, 0.5) is 14.9 Å². The molecule has 0 aliphatic carbocycles. The fourth-order valence-electron chi connectivity index (χ4n) is 3.82. The third-order valence-electron chi connectivity index (χ3n) is 5.34. The van der Waals surface area contributed by atoms with Gasteiger partial charge in [0.05, 0.1) is 5.52 Å². The summed E-state index contributed by atoms with van der Waals surface area (Å²) in [6, 6.07) is 6.87. The van der Waals surface area contributed by atoms with Gasteiger partial charge in [-0.2, -0.15) is 5.10 Å². The number of benzene rings is 1. The molecular formula is C23H27FN4O3S. The molecule has 1 aliphatic rings. The molecule has 2 aromatic heterocycles. The molecule has 4 rings (SSSR count). The monoisotopic (exact) mass is 458 g/mol.